The topological polar surface area (TPSA) is 72.2 Å². The monoisotopic (exact) mass is 370 g/mol. The lowest BCUT2D eigenvalue weighted by molar-refractivity contribution is 0.393. The van der Waals surface area contributed by atoms with E-state index in [-0.39, 0.29) is 4.90 Å². The average Bonchev–Trinajstić information content (AvgIpc) is 2.94. The first-order valence-corrected chi connectivity index (χ1v) is 9.92. The van der Waals surface area contributed by atoms with E-state index < -0.39 is 10.0 Å². The fourth-order valence-electron chi connectivity index (χ4n) is 2.85. The quantitative estimate of drug-likeness (QED) is 0.694. The number of aryl methyl sites for hydroxylation is 2. The lowest BCUT2D eigenvalue weighted by atomic mass is 10.0. The van der Waals surface area contributed by atoms with Gasteiger partial charge in [-0.2, -0.15) is 0 Å². The highest BCUT2D eigenvalue weighted by molar-refractivity contribution is 7.92. The van der Waals surface area contributed by atoms with E-state index in [9.17, 15) is 8.42 Å². The van der Waals surface area contributed by atoms with Crippen LogP contribution in [-0.2, 0) is 10.0 Å². The molecule has 1 N–H and O–H groups in total. The van der Waals surface area contributed by atoms with Gasteiger partial charge in [0, 0.05) is 11.3 Å². The smallest absolute Gasteiger partial charge is 0.261 e. The van der Waals surface area contributed by atoms with Gasteiger partial charge in [-0.25, -0.2) is 8.42 Å². The second-order valence-corrected chi connectivity index (χ2v) is 8.29. The number of nitrogens with one attached hydrogen (secondary N) is 1. The predicted octanol–water partition coefficient (Wildman–Crippen LogP) is 4.88. The van der Waals surface area contributed by atoms with Gasteiger partial charge in [0.15, 0.2) is 0 Å². The number of rotatable bonds is 5. The maximum atomic E-state index is 12.6. The van der Waals surface area contributed by atoms with E-state index >= 15 is 0 Å². The summed E-state index contributed by atoms with van der Waals surface area (Å²) in [5, 5.41) is 3.93. The molecule has 0 aliphatic heterocycles. The zero-order valence-electron chi connectivity index (χ0n) is 15.3. The molecule has 0 spiro atoms. The summed E-state index contributed by atoms with van der Waals surface area (Å²) < 4.78 is 33.0. The second-order valence-electron chi connectivity index (χ2n) is 6.61. The molecule has 0 fully saturated rings. The maximum Gasteiger partial charge on any atom is 0.261 e. The molecule has 3 aromatic rings. The van der Waals surface area contributed by atoms with Crippen molar-refractivity contribution in [3.63, 3.8) is 0 Å². The van der Waals surface area contributed by atoms with Gasteiger partial charge in [0.05, 0.1) is 10.6 Å². The molecule has 0 bridgehead atoms. The third-order valence-electron chi connectivity index (χ3n) is 4.32. The van der Waals surface area contributed by atoms with Gasteiger partial charge >= 0.3 is 0 Å². The first-order valence-electron chi connectivity index (χ1n) is 8.44. The Kier molecular flexibility index (Phi) is 4.87. The summed E-state index contributed by atoms with van der Waals surface area (Å²) in [7, 11) is -3.64. The third kappa shape index (κ3) is 3.65. The predicted molar refractivity (Wildman–Crippen MR) is 103 cm³/mol. The van der Waals surface area contributed by atoms with Crippen LogP contribution < -0.4 is 4.72 Å². The molecule has 0 aliphatic rings. The van der Waals surface area contributed by atoms with Gasteiger partial charge in [0.25, 0.3) is 10.0 Å². The Morgan fingerprint density at radius 3 is 2.08 bits per heavy atom. The molecule has 0 atom stereocenters. The van der Waals surface area contributed by atoms with Crippen molar-refractivity contribution in [2.45, 2.75) is 38.5 Å². The zero-order valence-corrected chi connectivity index (χ0v) is 16.1. The molecule has 1 aromatic heterocycles. The molecule has 0 unspecified atom stereocenters. The van der Waals surface area contributed by atoms with Crippen molar-refractivity contribution in [3.05, 3.63) is 65.5 Å². The summed E-state index contributed by atoms with van der Waals surface area (Å²) in [5.74, 6) is 1.11. The van der Waals surface area contributed by atoms with Crippen molar-refractivity contribution >= 4 is 15.7 Å². The molecule has 136 valence electrons. The third-order valence-corrected chi connectivity index (χ3v) is 5.71. The largest absolute Gasteiger partial charge is 0.361 e. The van der Waals surface area contributed by atoms with E-state index in [0.29, 0.717) is 17.4 Å². The van der Waals surface area contributed by atoms with Crippen molar-refractivity contribution in [2.24, 2.45) is 0 Å². The summed E-state index contributed by atoms with van der Waals surface area (Å²) in [6.45, 7) is 7.89. The van der Waals surface area contributed by atoms with Gasteiger partial charge < -0.3 is 4.52 Å². The number of anilines is 1. The number of hydrogen-bond donors (Lipinski definition) is 1. The van der Waals surface area contributed by atoms with E-state index in [1.54, 1.807) is 36.4 Å². The van der Waals surface area contributed by atoms with Crippen LogP contribution in [-0.4, -0.2) is 13.6 Å². The molecule has 2 aromatic carbocycles. The minimum absolute atomic E-state index is 0.209. The zero-order chi connectivity index (χ0) is 18.9. The minimum atomic E-state index is -3.64. The number of sulfonamides is 1. The first-order chi connectivity index (χ1) is 12.3. The highest BCUT2D eigenvalue weighted by atomic mass is 32.2. The molecule has 1 heterocycles. The van der Waals surface area contributed by atoms with Crippen molar-refractivity contribution in [1.82, 2.24) is 5.16 Å². The molecule has 0 radical (unpaired) electrons. The van der Waals surface area contributed by atoms with E-state index in [0.717, 1.165) is 22.4 Å². The van der Waals surface area contributed by atoms with Gasteiger partial charge in [-0.1, -0.05) is 43.3 Å². The number of hydrogen-bond acceptors (Lipinski definition) is 4. The fourth-order valence-corrected chi connectivity index (χ4v) is 3.90. The standard InChI is InChI=1S/C20H22N2O3S/c1-13(2)16-5-9-18(10-6-16)22-26(23,24)19-11-7-17(8-12-19)20-14(3)21-25-15(20)4/h5-13,22H,1-4H3. The van der Waals surface area contributed by atoms with Crippen LogP contribution in [0.15, 0.2) is 57.9 Å². The summed E-state index contributed by atoms with van der Waals surface area (Å²) in [5.41, 5.74) is 4.26. The molecule has 0 saturated carbocycles. The van der Waals surface area contributed by atoms with Crippen LogP contribution in [0.25, 0.3) is 11.1 Å². The molecule has 6 heteroatoms. The summed E-state index contributed by atoms with van der Waals surface area (Å²) in [6, 6.07) is 14.1. The minimum Gasteiger partial charge on any atom is -0.361 e. The van der Waals surface area contributed by atoms with Gasteiger partial charge in [-0.3, -0.25) is 4.72 Å². The van der Waals surface area contributed by atoms with Crippen LogP contribution in [0.2, 0.25) is 0 Å². The Morgan fingerprint density at radius 2 is 1.58 bits per heavy atom. The molecule has 0 aliphatic carbocycles. The molecule has 0 saturated heterocycles. The van der Waals surface area contributed by atoms with E-state index in [1.165, 1.54) is 0 Å². The molecule has 5 nitrogen and oxygen atoms in total. The average molecular weight is 370 g/mol. The van der Waals surface area contributed by atoms with Crippen molar-refractivity contribution in [2.75, 3.05) is 4.72 Å². The van der Waals surface area contributed by atoms with E-state index in [4.69, 9.17) is 4.52 Å². The Morgan fingerprint density at radius 1 is 0.962 bits per heavy atom. The Hall–Kier alpha value is -2.60. The Bertz CT molecular complexity index is 983. The highest BCUT2D eigenvalue weighted by Crippen LogP contribution is 2.28. The van der Waals surface area contributed by atoms with Crippen molar-refractivity contribution in [3.8, 4) is 11.1 Å². The normalized spacial score (nSPS) is 11.7. The molecule has 3 rings (SSSR count). The van der Waals surface area contributed by atoms with Gasteiger partial charge in [-0.15, -0.1) is 0 Å². The summed E-state index contributed by atoms with van der Waals surface area (Å²) in [4.78, 5) is 0.209. The van der Waals surface area contributed by atoms with Crippen LogP contribution >= 0.6 is 0 Å². The van der Waals surface area contributed by atoms with Crippen LogP contribution in [0.5, 0.6) is 0 Å². The van der Waals surface area contributed by atoms with Crippen molar-refractivity contribution < 1.29 is 12.9 Å². The van der Waals surface area contributed by atoms with E-state index in [1.807, 2.05) is 26.0 Å². The van der Waals surface area contributed by atoms with Crippen molar-refractivity contribution in [1.29, 1.82) is 0 Å². The van der Waals surface area contributed by atoms with Crippen LogP contribution in [0, 0.1) is 13.8 Å². The maximum absolute atomic E-state index is 12.6. The van der Waals surface area contributed by atoms with E-state index in [2.05, 4.69) is 23.7 Å². The van der Waals surface area contributed by atoms with Gasteiger partial charge in [0.1, 0.15) is 5.76 Å². The molecule has 26 heavy (non-hydrogen) atoms. The second kappa shape index (κ2) is 6.96. The number of benzene rings is 2. The van der Waals surface area contributed by atoms with Gasteiger partial charge in [0.2, 0.25) is 0 Å². The Labute approximate surface area is 154 Å². The summed E-state index contributed by atoms with van der Waals surface area (Å²) >= 11 is 0. The first kappa shape index (κ1) is 18.2. The summed E-state index contributed by atoms with van der Waals surface area (Å²) in [6.07, 6.45) is 0. The lowest BCUT2D eigenvalue weighted by Gasteiger charge is -2.10. The van der Waals surface area contributed by atoms with Gasteiger partial charge in [-0.05, 0) is 55.2 Å². The van der Waals surface area contributed by atoms with Crippen LogP contribution in [0.3, 0.4) is 0 Å². The van der Waals surface area contributed by atoms with Crippen LogP contribution in [0.1, 0.15) is 36.8 Å². The lowest BCUT2D eigenvalue weighted by Crippen LogP contribution is -2.12. The highest BCUT2D eigenvalue weighted by Gasteiger charge is 2.16. The number of aromatic nitrogens is 1. The number of nitrogens with zero attached hydrogens (tertiary/aromatic N) is 1. The molecule has 0 amide bonds. The molecular weight excluding hydrogens is 348 g/mol. The Balaban J connectivity index is 1.83. The fraction of sp³-hybridized carbons (Fsp3) is 0.250. The molecular formula is C20H22N2O3S. The SMILES string of the molecule is Cc1noc(C)c1-c1ccc(S(=O)(=O)Nc2ccc(C(C)C)cc2)cc1. The van der Waals surface area contributed by atoms with Crippen LogP contribution in [0.4, 0.5) is 5.69 Å².